The van der Waals surface area contributed by atoms with Gasteiger partial charge in [-0.3, -0.25) is 4.90 Å². The van der Waals surface area contributed by atoms with Gasteiger partial charge in [0.2, 0.25) is 0 Å². The predicted molar refractivity (Wildman–Crippen MR) is 139 cm³/mol. The molecule has 1 aliphatic heterocycles. The highest BCUT2D eigenvalue weighted by Crippen LogP contribution is 2.38. The first-order chi connectivity index (χ1) is 15.3. The number of nitrogens with zero attached hydrogens (tertiary/aromatic N) is 1. The van der Waals surface area contributed by atoms with Crippen molar-refractivity contribution < 1.29 is 19.0 Å². The summed E-state index contributed by atoms with van der Waals surface area (Å²) in [7, 11) is -2.00. The average molecular weight is 476 g/mol. The zero-order valence-corrected chi connectivity index (χ0v) is 22.7. The van der Waals surface area contributed by atoms with Crippen LogP contribution in [0.15, 0.2) is 55.6 Å². The van der Waals surface area contributed by atoms with Gasteiger partial charge in [0.25, 0.3) is 0 Å². The maximum Gasteiger partial charge on any atom is 0.192 e. The van der Waals surface area contributed by atoms with E-state index in [1.54, 1.807) is 0 Å². The molecule has 0 radical (unpaired) electrons. The first-order valence-corrected chi connectivity index (χ1v) is 14.9. The van der Waals surface area contributed by atoms with E-state index in [0.717, 1.165) is 6.54 Å². The Labute approximate surface area is 202 Å². The molecule has 4 atom stereocenters. The third-order valence-electron chi connectivity index (χ3n) is 6.81. The molecule has 1 aromatic carbocycles. The molecule has 2 rings (SSSR count). The summed E-state index contributed by atoms with van der Waals surface area (Å²) < 4.78 is 19.0. The van der Waals surface area contributed by atoms with Gasteiger partial charge in [-0.15, -0.1) is 13.2 Å². The lowest BCUT2D eigenvalue weighted by Gasteiger charge is -2.39. The molecule has 0 unspecified atom stereocenters. The molecule has 5 nitrogen and oxygen atoms in total. The second-order valence-electron chi connectivity index (χ2n) is 11.0. The summed E-state index contributed by atoms with van der Waals surface area (Å²) in [5, 5.41) is 11.3. The minimum Gasteiger partial charge on any atom is -0.414 e. The van der Waals surface area contributed by atoms with Crippen molar-refractivity contribution in [1.29, 1.82) is 0 Å². The molecule has 186 valence electrons. The van der Waals surface area contributed by atoms with Crippen LogP contribution in [0.3, 0.4) is 0 Å². The lowest BCUT2D eigenvalue weighted by atomic mass is 9.96. The molecular weight excluding hydrogens is 430 g/mol. The van der Waals surface area contributed by atoms with Gasteiger partial charge in [-0.05, 0) is 44.0 Å². The lowest BCUT2D eigenvalue weighted by Crippen LogP contribution is -2.52. The number of aliphatic hydroxyl groups excluding tert-OH is 1. The summed E-state index contributed by atoms with van der Waals surface area (Å²) in [5.74, 6) is -0.792. The summed E-state index contributed by atoms with van der Waals surface area (Å²) >= 11 is 0. The largest absolute Gasteiger partial charge is 0.414 e. The molecule has 0 amide bonds. The maximum absolute atomic E-state index is 11.2. The van der Waals surface area contributed by atoms with Crippen LogP contribution in [0.25, 0.3) is 0 Å². The van der Waals surface area contributed by atoms with Crippen LogP contribution in [0, 0.1) is 0 Å². The summed E-state index contributed by atoms with van der Waals surface area (Å²) in [6.45, 7) is 24.4. The summed E-state index contributed by atoms with van der Waals surface area (Å²) in [6, 6.07) is 10.3. The maximum atomic E-state index is 11.2. The summed E-state index contributed by atoms with van der Waals surface area (Å²) in [5.41, 5.74) is 1.21. The van der Waals surface area contributed by atoms with Crippen molar-refractivity contribution in [2.45, 2.75) is 95.9 Å². The smallest absolute Gasteiger partial charge is 0.192 e. The molecule has 0 bridgehead atoms. The summed E-state index contributed by atoms with van der Waals surface area (Å²) in [4.78, 5) is 2.33. The van der Waals surface area contributed by atoms with Gasteiger partial charge >= 0.3 is 0 Å². The molecule has 1 heterocycles. The third-order valence-corrected chi connectivity index (χ3v) is 11.3. The lowest BCUT2D eigenvalue weighted by molar-refractivity contribution is -0.159. The van der Waals surface area contributed by atoms with Gasteiger partial charge in [-0.2, -0.15) is 0 Å². The highest BCUT2D eigenvalue weighted by atomic mass is 28.4. The molecule has 6 heteroatoms. The highest BCUT2D eigenvalue weighted by Gasteiger charge is 2.49. The minimum absolute atomic E-state index is 0.0324. The van der Waals surface area contributed by atoms with E-state index in [0.29, 0.717) is 13.0 Å². The number of benzene rings is 1. The first-order valence-electron chi connectivity index (χ1n) is 12.0. The monoisotopic (exact) mass is 475 g/mol. The van der Waals surface area contributed by atoms with E-state index in [1.807, 2.05) is 44.2 Å². The van der Waals surface area contributed by atoms with Gasteiger partial charge in [0, 0.05) is 19.1 Å². The highest BCUT2D eigenvalue weighted by molar-refractivity contribution is 6.74. The van der Waals surface area contributed by atoms with Crippen LogP contribution in [-0.2, 0) is 20.4 Å². The third kappa shape index (κ3) is 7.60. The minimum atomic E-state index is -2.00. The van der Waals surface area contributed by atoms with E-state index in [-0.39, 0.29) is 23.8 Å². The van der Waals surface area contributed by atoms with Crippen LogP contribution in [0.4, 0.5) is 0 Å². The van der Waals surface area contributed by atoms with Gasteiger partial charge < -0.3 is 19.0 Å². The van der Waals surface area contributed by atoms with Crippen molar-refractivity contribution >= 4 is 8.32 Å². The fraction of sp³-hybridized carbons (Fsp3) is 0.630. The number of hydrogen-bond donors (Lipinski definition) is 1. The van der Waals surface area contributed by atoms with Crippen molar-refractivity contribution in [2.24, 2.45) is 0 Å². The Hall–Kier alpha value is -1.28. The van der Waals surface area contributed by atoms with Crippen molar-refractivity contribution in [3.8, 4) is 0 Å². The van der Waals surface area contributed by atoms with Gasteiger partial charge in [0.15, 0.2) is 14.1 Å². The second-order valence-corrected chi connectivity index (χ2v) is 15.8. The molecule has 1 saturated heterocycles. The Morgan fingerprint density at radius 2 is 1.73 bits per heavy atom. The Kier molecular flexibility index (Phi) is 9.68. The van der Waals surface area contributed by atoms with Gasteiger partial charge in [0.05, 0.1) is 6.61 Å². The number of ether oxygens (including phenoxy) is 2. The Bertz CT molecular complexity index is 759. The van der Waals surface area contributed by atoms with E-state index >= 15 is 0 Å². The topological polar surface area (TPSA) is 51.2 Å². The van der Waals surface area contributed by atoms with E-state index < -0.39 is 26.3 Å². The molecule has 1 N–H and O–H groups in total. The molecule has 0 spiro atoms. The predicted octanol–water partition coefficient (Wildman–Crippen LogP) is 5.52. The van der Waals surface area contributed by atoms with Crippen LogP contribution in [0.1, 0.15) is 46.6 Å². The fourth-order valence-electron chi connectivity index (χ4n) is 3.98. The van der Waals surface area contributed by atoms with Crippen molar-refractivity contribution in [2.75, 3.05) is 13.2 Å². The van der Waals surface area contributed by atoms with Crippen LogP contribution < -0.4 is 0 Å². The van der Waals surface area contributed by atoms with Crippen LogP contribution in [0.5, 0.6) is 0 Å². The Balaban J connectivity index is 2.27. The Morgan fingerprint density at radius 1 is 1.12 bits per heavy atom. The van der Waals surface area contributed by atoms with Crippen molar-refractivity contribution in [1.82, 2.24) is 4.90 Å². The normalized spacial score (nSPS) is 22.8. The van der Waals surface area contributed by atoms with Crippen molar-refractivity contribution in [3.05, 3.63) is 61.2 Å². The van der Waals surface area contributed by atoms with Crippen LogP contribution >= 0.6 is 0 Å². The molecule has 0 saturated carbocycles. The average Bonchev–Trinajstić information content (AvgIpc) is 3.05. The van der Waals surface area contributed by atoms with Crippen LogP contribution in [-0.4, -0.2) is 61.6 Å². The molecule has 0 aliphatic carbocycles. The van der Waals surface area contributed by atoms with Crippen molar-refractivity contribution in [3.63, 3.8) is 0 Å². The van der Waals surface area contributed by atoms with Gasteiger partial charge in [-0.1, -0.05) is 63.3 Å². The van der Waals surface area contributed by atoms with Gasteiger partial charge in [-0.25, -0.2) is 0 Å². The molecule has 1 aliphatic rings. The van der Waals surface area contributed by atoms with E-state index in [1.165, 1.54) is 5.56 Å². The molecule has 33 heavy (non-hydrogen) atoms. The molecule has 0 aromatic heterocycles. The molecule has 1 aromatic rings. The molecular formula is C27H45NO4Si. The second kappa shape index (κ2) is 11.4. The standard InChI is InChI=1S/C27H45NO4Si/c1-10-15-22(28(18-11-2)19-21-16-13-12-14-17-21)24-25(32-27(6,7)31-24)23(29)20-30-33(8,9)26(3,4)5/h10-14,16-17,22-25,29H,1-2,15,18-20H2,3-9H3/t22-,23+,24-,25+/m0/s1. The molecule has 1 fully saturated rings. The van der Waals surface area contributed by atoms with E-state index in [2.05, 4.69) is 64.1 Å². The summed E-state index contributed by atoms with van der Waals surface area (Å²) in [6.07, 6.45) is 2.90. The van der Waals surface area contributed by atoms with Gasteiger partial charge in [0.1, 0.15) is 18.3 Å². The first kappa shape index (κ1) is 28.0. The number of rotatable bonds is 12. The number of aliphatic hydroxyl groups is 1. The fourth-order valence-corrected chi connectivity index (χ4v) is 5.00. The van der Waals surface area contributed by atoms with E-state index in [4.69, 9.17) is 13.9 Å². The SMILES string of the molecule is C=CC[C@@H]([C@@H]1OC(C)(C)O[C@@H]1[C@H](O)CO[Si](C)(C)C(C)(C)C)N(CC=C)Cc1ccccc1. The van der Waals surface area contributed by atoms with E-state index in [9.17, 15) is 5.11 Å². The quantitative estimate of drug-likeness (QED) is 0.318. The Morgan fingerprint density at radius 3 is 2.27 bits per heavy atom. The van der Waals surface area contributed by atoms with Crippen LogP contribution in [0.2, 0.25) is 18.1 Å². The zero-order valence-electron chi connectivity index (χ0n) is 21.7. The zero-order chi connectivity index (χ0) is 24.9. The number of hydrogen-bond acceptors (Lipinski definition) is 5.